The minimum atomic E-state index is 0. The third kappa shape index (κ3) is 4.39. The Hall–Kier alpha value is -3.39. The van der Waals surface area contributed by atoms with Crippen LogP contribution in [0.4, 0.5) is 11.4 Å². The number of aromatic nitrogens is 4. The Morgan fingerprint density at radius 2 is 1.84 bits per heavy atom. The maximum Gasteiger partial charge on any atom is 0.261 e. The van der Waals surface area contributed by atoms with E-state index in [0.717, 1.165) is 22.5 Å². The van der Waals surface area contributed by atoms with Gasteiger partial charge in [0.25, 0.3) is 5.89 Å². The predicted molar refractivity (Wildman–Crippen MR) is 122 cm³/mol. The molecule has 0 atom stereocenters. The van der Waals surface area contributed by atoms with Gasteiger partial charge < -0.3 is 19.3 Å². The number of ether oxygens (including phenoxy) is 2. The van der Waals surface area contributed by atoms with Crippen molar-refractivity contribution in [3.05, 3.63) is 48.0 Å². The molecule has 9 heteroatoms. The lowest BCUT2D eigenvalue weighted by Gasteiger charge is -2.16. The van der Waals surface area contributed by atoms with Crippen LogP contribution in [-0.4, -0.2) is 34.3 Å². The van der Waals surface area contributed by atoms with Crippen LogP contribution >= 0.6 is 12.4 Å². The molecule has 0 bridgehead atoms. The molecule has 0 aliphatic rings. The number of aryl methyl sites for hydroxylation is 1. The van der Waals surface area contributed by atoms with Crippen molar-refractivity contribution in [1.29, 1.82) is 0 Å². The van der Waals surface area contributed by atoms with Crippen LogP contribution in [0.1, 0.15) is 31.3 Å². The predicted octanol–water partition coefficient (Wildman–Crippen LogP) is 5.29. The molecule has 0 aliphatic carbocycles. The Balaban J connectivity index is 0.00000272. The van der Waals surface area contributed by atoms with Crippen LogP contribution in [0.2, 0.25) is 0 Å². The largest absolute Gasteiger partial charge is 0.497 e. The van der Waals surface area contributed by atoms with Crippen LogP contribution in [0, 0.1) is 6.92 Å². The third-order valence-corrected chi connectivity index (χ3v) is 4.72. The molecule has 1 aromatic carbocycles. The van der Waals surface area contributed by atoms with Crippen LogP contribution < -0.4 is 14.8 Å². The van der Waals surface area contributed by atoms with Crippen molar-refractivity contribution >= 4 is 34.8 Å². The molecule has 0 saturated heterocycles. The van der Waals surface area contributed by atoms with Gasteiger partial charge in [-0.05, 0) is 31.2 Å². The summed E-state index contributed by atoms with van der Waals surface area (Å²) in [5.41, 5.74) is 3.66. The molecule has 0 aliphatic heterocycles. The minimum Gasteiger partial charge on any atom is -0.497 e. The molecule has 0 spiro atoms. The Bertz CT molecular complexity index is 1210. The molecule has 31 heavy (non-hydrogen) atoms. The summed E-state index contributed by atoms with van der Waals surface area (Å²) in [7, 11) is 3.24. The fraction of sp³-hybridized carbons (Fsp3) is 0.273. The SMILES string of the molecule is COc1ccc(OC)c(Nc2c(-c3nc(C(C)C)no3)cnc3nc(C)ccc23)c1.Cl. The van der Waals surface area contributed by atoms with Crippen LogP contribution in [0.25, 0.3) is 22.5 Å². The van der Waals surface area contributed by atoms with Gasteiger partial charge in [-0.2, -0.15) is 4.98 Å². The number of fused-ring (bicyclic) bond motifs is 1. The molecule has 3 heterocycles. The average Bonchev–Trinajstić information content (AvgIpc) is 3.24. The second kappa shape index (κ2) is 9.18. The number of nitrogens with one attached hydrogen (secondary N) is 1. The summed E-state index contributed by atoms with van der Waals surface area (Å²) in [6.07, 6.45) is 1.70. The number of methoxy groups -OCH3 is 2. The lowest BCUT2D eigenvalue weighted by Crippen LogP contribution is -2.01. The highest BCUT2D eigenvalue weighted by molar-refractivity contribution is 5.99. The third-order valence-electron chi connectivity index (χ3n) is 4.72. The van der Waals surface area contributed by atoms with Gasteiger partial charge in [-0.1, -0.05) is 19.0 Å². The molecule has 0 saturated carbocycles. The molecule has 0 fully saturated rings. The fourth-order valence-electron chi connectivity index (χ4n) is 3.09. The average molecular weight is 442 g/mol. The van der Waals surface area contributed by atoms with Gasteiger partial charge in [-0.25, -0.2) is 9.97 Å². The van der Waals surface area contributed by atoms with Gasteiger partial charge in [0, 0.05) is 29.3 Å². The van der Waals surface area contributed by atoms with Crippen molar-refractivity contribution in [1.82, 2.24) is 20.1 Å². The van der Waals surface area contributed by atoms with Gasteiger partial charge in [-0.15, -0.1) is 12.4 Å². The number of benzene rings is 1. The van der Waals surface area contributed by atoms with E-state index in [4.69, 9.17) is 14.0 Å². The number of anilines is 2. The van der Waals surface area contributed by atoms with Crippen molar-refractivity contribution < 1.29 is 14.0 Å². The molecular weight excluding hydrogens is 418 g/mol. The van der Waals surface area contributed by atoms with Crippen LogP contribution in [0.5, 0.6) is 11.5 Å². The Labute approximate surface area is 186 Å². The lowest BCUT2D eigenvalue weighted by atomic mass is 10.1. The van der Waals surface area contributed by atoms with E-state index < -0.39 is 0 Å². The van der Waals surface area contributed by atoms with E-state index in [9.17, 15) is 0 Å². The van der Waals surface area contributed by atoms with Crippen molar-refractivity contribution in [3.63, 3.8) is 0 Å². The number of halogens is 1. The molecule has 0 radical (unpaired) electrons. The molecule has 0 amide bonds. The maximum absolute atomic E-state index is 5.55. The van der Waals surface area contributed by atoms with Crippen LogP contribution in [0.15, 0.2) is 41.1 Å². The summed E-state index contributed by atoms with van der Waals surface area (Å²) in [5.74, 6) is 2.54. The van der Waals surface area contributed by atoms with Gasteiger partial charge in [0.1, 0.15) is 11.5 Å². The van der Waals surface area contributed by atoms with Crippen molar-refractivity contribution in [3.8, 4) is 23.0 Å². The van der Waals surface area contributed by atoms with E-state index in [-0.39, 0.29) is 18.3 Å². The molecular formula is C22H24ClN5O3. The number of nitrogens with zero attached hydrogens (tertiary/aromatic N) is 4. The molecule has 4 aromatic rings. The lowest BCUT2D eigenvalue weighted by molar-refractivity contribution is 0.405. The summed E-state index contributed by atoms with van der Waals surface area (Å²) in [5, 5.41) is 8.37. The van der Waals surface area contributed by atoms with Crippen molar-refractivity contribution in [2.24, 2.45) is 0 Å². The van der Waals surface area contributed by atoms with E-state index in [0.29, 0.717) is 34.4 Å². The minimum absolute atomic E-state index is 0. The molecule has 3 aromatic heterocycles. The second-order valence-electron chi connectivity index (χ2n) is 7.17. The number of hydrogen-bond acceptors (Lipinski definition) is 8. The molecule has 0 unspecified atom stereocenters. The van der Waals surface area contributed by atoms with Crippen molar-refractivity contribution in [2.75, 3.05) is 19.5 Å². The Kier molecular flexibility index (Phi) is 6.60. The first-order chi connectivity index (χ1) is 14.5. The zero-order chi connectivity index (χ0) is 21.3. The van der Waals surface area contributed by atoms with E-state index in [1.165, 1.54) is 0 Å². The molecule has 8 nitrogen and oxygen atoms in total. The zero-order valence-electron chi connectivity index (χ0n) is 18.0. The molecule has 1 N–H and O–H groups in total. The normalized spacial score (nSPS) is 10.8. The van der Waals surface area contributed by atoms with E-state index in [1.54, 1.807) is 20.4 Å². The van der Waals surface area contributed by atoms with Crippen molar-refractivity contribution in [2.45, 2.75) is 26.7 Å². The topological polar surface area (TPSA) is 95.2 Å². The maximum atomic E-state index is 5.55. The van der Waals surface area contributed by atoms with Gasteiger partial charge in [0.2, 0.25) is 0 Å². The first-order valence-electron chi connectivity index (χ1n) is 9.59. The van der Waals surface area contributed by atoms with Crippen LogP contribution in [-0.2, 0) is 0 Å². The highest BCUT2D eigenvalue weighted by atomic mass is 35.5. The fourth-order valence-corrected chi connectivity index (χ4v) is 3.09. The van der Waals surface area contributed by atoms with Gasteiger partial charge >= 0.3 is 0 Å². The summed E-state index contributed by atoms with van der Waals surface area (Å²) in [6.45, 7) is 5.96. The number of hydrogen-bond donors (Lipinski definition) is 1. The summed E-state index contributed by atoms with van der Waals surface area (Å²) in [6, 6.07) is 9.46. The first kappa shape index (κ1) is 22.3. The van der Waals surface area contributed by atoms with Gasteiger partial charge in [-0.3, -0.25) is 0 Å². The van der Waals surface area contributed by atoms with Gasteiger partial charge in [0.15, 0.2) is 11.5 Å². The monoisotopic (exact) mass is 441 g/mol. The van der Waals surface area contributed by atoms with E-state index in [2.05, 4.69) is 25.4 Å². The first-order valence-corrected chi connectivity index (χ1v) is 9.59. The summed E-state index contributed by atoms with van der Waals surface area (Å²) in [4.78, 5) is 13.6. The summed E-state index contributed by atoms with van der Waals surface area (Å²) < 4.78 is 16.5. The quantitative estimate of drug-likeness (QED) is 0.431. The highest BCUT2D eigenvalue weighted by Gasteiger charge is 2.20. The van der Waals surface area contributed by atoms with E-state index >= 15 is 0 Å². The Morgan fingerprint density at radius 3 is 2.52 bits per heavy atom. The smallest absolute Gasteiger partial charge is 0.261 e. The van der Waals surface area contributed by atoms with Crippen LogP contribution in [0.3, 0.4) is 0 Å². The Morgan fingerprint density at radius 1 is 1.03 bits per heavy atom. The standard InChI is InChI=1S/C22H23N5O3.ClH/c1-12(2)20-26-22(30-27-20)16-11-23-21-15(8-6-13(3)24-21)19(16)25-17-10-14(28-4)7-9-18(17)29-5;/h6-12H,1-5H3,(H,23,24,25);1H. The summed E-state index contributed by atoms with van der Waals surface area (Å²) >= 11 is 0. The molecule has 162 valence electrons. The number of rotatable bonds is 6. The highest BCUT2D eigenvalue weighted by Crippen LogP contribution is 2.38. The molecule has 4 rings (SSSR count). The van der Waals surface area contributed by atoms with Gasteiger partial charge in [0.05, 0.1) is 31.2 Å². The zero-order valence-corrected chi connectivity index (χ0v) is 18.8. The van der Waals surface area contributed by atoms with E-state index in [1.807, 2.05) is 51.1 Å². The second-order valence-corrected chi connectivity index (χ2v) is 7.17. The number of pyridine rings is 2.